The number of esters is 1. The summed E-state index contributed by atoms with van der Waals surface area (Å²) in [7, 11) is -1.91. The fraction of sp³-hybridized carbons (Fsp3) is 0.632. The Bertz CT molecular complexity index is 719. The summed E-state index contributed by atoms with van der Waals surface area (Å²) in [5.41, 5.74) is 0. The molecule has 9 nitrogen and oxygen atoms in total. The first-order chi connectivity index (χ1) is 14.0. The standard InChI is InChI=1S/C19H30N2O7S/c1-3-27-19(22)16-20(8-12-25-2)9-15-28-17-4-6-18(7-5-17)29(23,24)21-10-13-26-14-11-21/h4-7H,3,8-16H2,1-2H3. The summed E-state index contributed by atoms with van der Waals surface area (Å²) >= 11 is 0. The molecule has 0 N–H and O–H groups in total. The second kappa shape index (κ2) is 12.1. The number of rotatable bonds is 12. The molecule has 1 aliphatic heterocycles. The van der Waals surface area contributed by atoms with Crippen molar-refractivity contribution in [1.29, 1.82) is 0 Å². The van der Waals surface area contributed by atoms with E-state index in [1.807, 2.05) is 4.90 Å². The van der Waals surface area contributed by atoms with Gasteiger partial charge in [-0.3, -0.25) is 9.69 Å². The predicted molar refractivity (Wildman–Crippen MR) is 106 cm³/mol. The van der Waals surface area contributed by atoms with Gasteiger partial charge in [-0.2, -0.15) is 4.31 Å². The molecular weight excluding hydrogens is 400 g/mol. The molecule has 1 aromatic carbocycles. The van der Waals surface area contributed by atoms with Gasteiger partial charge in [0.15, 0.2) is 0 Å². The third-order valence-electron chi connectivity index (χ3n) is 4.38. The number of ether oxygens (including phenoxy) is 4. The molecule has 1 aromatic rings. The Morgan fingerprint density at radius 1 is 1.14 bits per heavy atom. The number of carbonyl (C=O) groups excluding carboxylic acids is 1. The first-order valence-electron chi connectivity index (χ1n) is 9.65. The largest absolute Gasteiger partial charge is 0.492 e. The van der Waals surface area contributed by atoms with Gasteiger partial charge in [-0.25, -0.2) is 8.42 Å². The van der Waals surface area contributed by atoms with Crippen molar-refractivity contribution < 1.29 is 32.2 Å². The summed E-state index contributed by atoms with van der Waals surface area (Å²) in [5.74, 6) is 0.273. The third kappa shape index (κ3) is 7.56. The minimum atomic E-state index is -3.52. The van der Waals surface area contributed by atoms with Gasteiger partial charge in [0.25, 0.3) is 0 Å². The first kappa shape index (κ1) is 23.6. The van der Waals surface area contributed by atoms with Gasteiger partial charge >= 0.3 is 5.97 Å². The third-order valence-corrected chi connectivity index (χ3v) is 6.29. The van der Waals surface area contributed by atoms with Crippen molar-refractivity contribution in [1.82, 2.24) is 9.21 Å². The van der Waals surface area contributed by atoms with E-state index in [2.05, 4.69) is 0 Å². The number of carbonyl (C=O) groups is 1. The van der Waals surface area contributed by atoms with Crippen LogP contribution in [0, 0.1) is 0 Å². The van der Waals surface area contributed by atoms with Crippen LogP contribution in [0.4, 0.5) is 0 Å². The molecule has 1 saturated heterocycles. The number of hydrogen-bond acceptors (Lipinski definition) is 8. The normalized spacial score (nSPS) is 15.4. The second-order valence-corrected chi connectivity index (χ2v) is 8.35. The Kier molecular flexibility index (Phi) is 9.82. The fourth-order valence-electron chi connectivity index (χ4n) is 2.82. The maximum absolute atomic E-state index is 12.6. The highest BCUT2D eigenvalue weighted by molar-refractivity contribution is 7.89. The van der Waals surface area contributed by atoms with Crippen LogP contribution >= 0.6 is 0 Å². The van der Waals surface area contributed by atoms with Crippen molar-refractivity contribution in [3.05, 3.63) is 24.3 Å². The van der Waals surface area contributed by atoms with Crippen molar-refractivity contribution in [2.45, 2.75) is 11.8 Å². The summed E-state index contributed by atoms with van der Waals surface area (Å²) in [6, 6.07) is 6.36. The van der Waals surface area contributed by atoms with E-state index in [-0.39, 0.29) is 17.4 Å². The van der Waals surface area contributed by atoms with Crippen LogP contribution < -0.4 is 4.74 Å². The minimum Gasteiger partial charge on any atom is -0.492 e. The molecular formula is C19H30N2O7S. The van der Waals surface area contributed by atoms with Gasteiger partial charge < -0.3 is 18.9 Å². The van der Waals surface area contributed by atoms with Crippen LogP contribution in [0.1, 0.15) is 6.92 Å². The van der Waals surface area contributed by atoms with Gasteiger partial charge in [-0.1, -0.05) is 0 Å². The summed E-state index contributed by atoms with van der Waals surface area (Å²) in [4.78, 5) is 13.8. The lowest BCUT2D eigenvalue weighted by molar-refractivity contribution is -0.144. The van der Waals surface area contributed by atoms with Crippen molar-refractivity contribution in [3.63, 3.8) is 0 Å². The van der Waals surface area contributed by atoms with Crippen LogP contribution in [0.3, 0.4) is 0 Å². The quantitative estimate of drug-likeness (QED) is 0.445. The molecule has 0 bridgehead atoms. The van der Waals surface area contributed by atoms with Crippen molar-refractivity contribution in [3.8, 4) is 5.75 Å². The van der Waals surface area contributed by atoms with Crippen molar-refractivity contribution in [2.75, 3.05) is 72.9 Å². The molecule has 2 rings (SSSR count). The van der Waals surface area contributed by atoms with Crippen molar-refractivity contribution >= 4 is 16.0 Å². The predicted octanol–water partition coefficient (Wildman–Crippen LogP) is 0.598. The maximum Gasteiger partial charge on any atom is 0.320 e. The number of morpholine rings is 1. The van der Waals surface area contributed by atoms with Crippen molar-refractivity contribution in [2.24, 2.45) is 0 Å². The number of hydrogen-bond donors (Lipinski definition) is 0. The topological polar surface area (TPSA) is 94.6 Å². The highest BCUT2D eigenvalue weighted by Gasteiger charge is 2.26. The fourth-order valence-corrected chi connectivity index (χ4v) is 4.22. The van der Waals surface area contributed by atoms with Gasteiger partial charge in [-0.15, -0.1) is 0 Å². The van der Waals surface area contributed by atoms with Crippen LogP contribution in [-0.4, -0.2) is 96.5 Å². The summed E-state index contributed by atoms with van der Waals surface area (Å²) in [5, 5.41) is 0. The zero-order chi connectivity index (χ0) is 21.1. The number of nitrogens with zero attached hydrogens (tertiary/aromatic N) is 2. The van der Waals surface area contributed by atoms with E-state index < -0.39 is 10.0 Å². The average Bonchev–Trinajstić information content (AvgIpc) is 2.73. The highest BCUT2D eigenvalue weighted by atomic mass is 32.2. The van der Waals surface area contributed by atoms with Gasteiger partial charge in [0.1, 0.15) is 12.4 Å². The first-order valence-corrected chi connectivity index (χ1v) is 11.1. The van der Waals surface area contributed by atoms with Crippen LogP contribution in [0.15, 0.2) is 29.2 Å². The lowest BCUT2D eigenvalue weighted by Crippen LogP contribution is -2.40. The Balaban J connectivity index is 1.87. The number of methoxy groups -OCH3 is 1. The van der Waals surface area contributed by atoms with Crippen LogP contribution in [-0.2, 0) is 29.0 Å². The van der Waals surface area contributed by atoms with Crippen LogP contribution in [0.5, 0.6) is 5.75 Å². The van der Waals surface area contributed by atoms with Gasteiger partial charge in [0.2, 0.25) is 10.0 Å². The molecule has 164 valence electrons. The monoisotopic (exact) mass is 430 g/mol. The van der Waals surface area contributed by atoms with E-state index in [1.54, 1.807) is 38.3 Å². The number of benzene rings is 1. The van der Waals surface area contributed by atoms with Gasteiger partial charge in [0.05, 0.1) is 37.9 Å². The molecule has 1 aliphatic rings. The summed E-state index contributed by atoms with van der Waals surface area (Å²) in [6.45, 7) is 5.74. The lowest BCUT2D eigenvalue weighted by Gasteiger charge is -2.26. The summed E-state index contributed by atoms with van der Waals surface area (Å²) < 4.78 is 47.6. The second-order valence-electron chi connectivity index (χ2n) is 6.41. The Labute approximate surface area is 172 Å². The molecule has 1 fully saturated rings. The molecule has 0 spiro atoms. The highest BCUT2D eigenvalue weighted by Crippen LogP contribution is 2.20. The smallest absolute Gasteiger partial charge is 0.320 e. The van der Waals surface area contributed by atoms with E-state index in [0.29, 0.717) is 65.0 Å². The minimum absolute atomic E-state index is 0.164. The molecule has 0 aliphatic carbocycles. The maximum atomic E-state index is 12.6. The van der Waals surface area contributed by atoms with Gasteiger partial charge in [0, 0.05) is 33.3 Å². The molecule has 10 heteroatoms. The molecule has 0 amide bonds. The van der Waals surface area contributed by atoms with E-state index >= 15 is 0 Å². The molecule has 0 radical (unpaired) electrons. The van der Waals surface area contributed by atoms with E-state index in [1.165, 1.54) is 4.31 Å². The molecule has 0 aromatic heterocycles. The average molecular weight is 431 g/mol. The molecule has 0 atom stereocenters. The lowest BCUT2D eigenvalue weighted by atomic mass is 10.3. The Morgan fingerprint density at radius 2 is 1.79 bits per heavy atom. The van der Waals surface area contributed by atoms with Crippen LogP contribution in [0.25, 0.3) is 0 Å². The molecule has 1 heterocycles. The summed E-state index contributed by atoms with van der Waals surface area (Å²) in [6.07, 6.45) is 0. The SMILES string of the molecule is CCOC(=O)CN(CCOC)CCOc1ccc(S(=O)(=O)N2CCOCC2)cc1. The van der Waals surface area contributed by atoms with Crippen LogP contribution in [0.2, 0.25) is 0 Å². The van der Waals surface area contributed by atoms with E-state index in [4.69, 9.17) is 18.9 Å². The van der Waals surface area contributed by atoms with Gasteiger partial charge in [-0.05, 0) is 31.2 Å². The molecule has 0 unspecified atom stereocenters. The van der Waals surface area contributed by atoms with E-state index in [9.17, 15) is 13.2 Å². The Morgan fingerprint density at radius 3 is 2.41 bits per heavy atom. The van der Waals surface area contributed by atoms with E-state index in [0.717, 1.165) is 0 Å². The Hall–Kier alpha value is -1.72. The zero-order valence-corrected chi connectivity index (χ0v) is 17.9. The number of sulfonamides is 1. The zero-order valence-electron chi connectivity index (χ0n) is 17.0. The molecule has 0 saturated carbocycles. The molecule has 29 heavy (non-hydrogen) atoms.